The molecule has 0 aliphatic heterocycles. The van der Waals surface area contributed by atoms with E-state index >= 15 is 0 Å². The summed E-state index contributed by atoms with van der Waals surface area (Å²) in [5.41, 5.74) is -0.855. The number of benzene rings is 1. The number of nitrogens with one attached hydrogen (secondary N) is 2. The van der Waals surface area contributed by atoms with Gasteiger partial charge in [-0.1, -0.05) is 0 Å². The molecule has 1 aromatic carbocycles. The van der Waals surface area contributed by atoms with Crippen molar-refractivity contribution in [2.24, 2.45) is 5.41 Å². The molecule has 0 spiro atoms. The predicted octanol–water partition coefficient (Wildman–Crippen LogP) is 1.34. The molecule has 0 fully saturated rings. The number of carbonyl (C=O) groups excluding carboxylic acids is 2. The third kappa shape index (κ3) is 3.69. The molecule has 1 aromatic rings. The Morgan fingerprint density at radius 3 is 2.50 bits per heavy atom. The molecule has 2 N–H and O–H groups in total. The van der Waals surface area contributed by atoms with Crippen molar-refractivity contribution in [1.82, 2.24) is 10.6 Å². The number of amides is 2. The van der Waals surface area contributed by atoms with Crippen molar-refractivity contribution in [3.8, 4) is 5.75 Å². The predicted molar refractivity (Wildman–Crippen MR) is 73.1 cm³/mol. The lowest BCUT2D eigenvalue weighted by molar-refractivity contribution is -0.128. The fourth-order valence-electron chi connectivity index (χ4n) is 1.62. The van der Waals surface area contributed by atoms with Crippen molar-refractivity contribution in [2.75, 3.05) is 20.7 Å². The van der Waals surface area contributed by atoms with E-state index in [2.05, 4.69) is 10.6 Å². The largest absolute Gasteiger partial charge is 0.497 e. The molecule has 0 unspecified atom stereocenters. The van der Waals surface area contributed by atoms with Gasteiger partial charge >= 0.3 is 0 Å². The maximum Gasteiger partial charge on any atom is 0.254 e. The first-order valence-corrected chi connectivity index (χ1v) is 6.15. The van der Waals surface area contributed by atoms with Gasteiger partial charge in [-0.15, -0.1) is 0 Å². The zero-order valence-corrected chi connectivity index (χ0v) is 12.0. The van der Waals surface area contributed by atoms with Crippen LogP contribution in [-0.4, -0.2) is 32.5 Å². The van der Waals surface area contributed by atoms with Crippen LogP contribution in [0.3, 0.4) is 0 Å². The molecule has 0 aliphatic carbocycles. The van der Waals surface area contributed by atoms with Gasteiger partial charge < -0.3 is 15.4 Å². The van der Waals surface area contributed by atoms with Crippen molar-refractivity contribution < 1.29 is 18.7 Å². The summed E-state index contributed by atoms with van der Waals surface area (Å²) in [6.45, 7) is 3.49. The third-order valence-corrected chi connectivity index (χ3v) is 2.95. The molecule has 0 saturated heterocycles. The highest BCUT2D eigenvalue weighted by Crippen LogP contribution is 2.17. The van der Waals surface area contributed by atoms with E-state index in [1.807, 2.05) is 0 Å². The molecule has 2 amide bonds. The van der Waals surface area contributed by atoms with E-state index in [-0.39, 0.29) is 18.0 Å². The number of carbonyl (C=O) groups is 2. The van der Waals surface area contributed by atoms with Gasteiger partial charge in [-0.05, 0) is 26.0 Å². The molecule has 1 rings (SSSR count). The summed E-state index contributed by atoms with van der Waals surface area (Å²) in [4.78, 5) is 23.5. The van der Waals surface area contributed by atoms with Crippen LogP contribution in [0.4, 0.5) is 4.39 Å². The molecular formula is C14H19FN2O3. The van der Waals surface area contributed by atoms with Crippen LogP contribution in [0, 0.1) is 11.2 Å². The number of hydrogen-bond acceptors (Lipinski definition) is 3. The molecule has 5 nitrogen and oxygen atoms in total. The maximum atomic E-state index is 13.7. The smallest absolute Gasteiger partial charge is 0.254 e. The van der Waals surface area contributed by atoms with E-state index in [4.69, 9.17) is 4.74 Å². The number of ether oxygens (including phenoxy) is 1. The summed E-state index contributed by atoms with van der Waals surface area (Å²) < 4.78 is 18.6. The highest BCUT2D eigenvalue weighted by atomic mass is 19.1. The maximum absolute atomic E-state index is 13.7. The lowest BCUT2D eigenvalue weighted by Gasteiger charge is -2.22. The Morgan fingerprint density at radius 1 is 1.35 bits per heavy atom. The molecule has 110 valence electrons. The fourth-order valence-corrected chi connectivity index (χ4v) is 1.62. The molecular weight excluding hydrogens is 263 g/mol. The van der Waals surface area contributed by atoms with Gasteiger partial charge in [-0.2, -0.15) is 0 Å². The van der Waals surface area contributed by atoms with E-state index in [0.29, 0.717) is 5.75 Å². The van der Waals surface area contributed by atoms with Crippen LogP contribution in [0.2, 0.25) is 0 Å². The van der Waals surface area contributed by atoms with Gasteiger partial charge in [0.05, 0.1) is 18.1 Å². The highest BCUT2D eigenvalue weighted by Gasteiger charge is 2.27. The standard InChI is InChI=1S/C14H19FN2O3/c1-14(2,13(19)16-3)8-17-12(18)10-6-5-9(20-4)7-11(10)15/h5-7H,8H2,1-4H3,(H,16,19)(H,17,18). The Bertz CT molecular complexity index is 515. The topological polar surface area (TPSA) is 67.4 Å². The highest BCUT2D eigenvalue weighted by molar-refractivity contribution is 5.95. The SMILES string of the molecule is CNC(=O)C(C)(C)CNC(=O)c1ccc(OC)cc1F. The summed E-state index contributed by atoms with van der Waals surface area (Å²) in [7, 11) is 2.94. The normalized spacial score (nSPS) is 10.8. The van der Waals surface area contributed by atoms with E-state index in [0.717, 1.165) is 6.07 Å². The number of methoxy groups -OCH3 is 1. The molecule has 0 radical (unpaired) electrons. The number of hydrogen-bond donors (Lipinski definition) is 2. The van der Waals surface area contributed by atoms with E-state index in [1.165, 1.54) is 26.3 Å². The minimum atomic E-state index is -0.770. The van der Waals surface area contributed by atoms with Crippen LogP contribution in [-0.2, 0) is 4.79 Å². The molecule has 6 heteroatoms. The Balaban J connectivity index is 2.75. The summed E-state index contributed by atoms with van der Waals surface area (Å²) >= 11 is 0. The zero-order chi connectivity index (χ0) is 15.3. The number of halogens is 1. The van der Waals surface area contributed by atoms with Crippen LogP contribution in [0.5, 0.6) is 5.75 Å². The van der Waals surface area contributed by atoms with Gasteiger partial charge in [-0.25, -0.2) is 4.39 Å². The Labute approximate surface area is 117 Å². The van der Waals surface area contributed by atoms with Crippen molar-refractivity contribution >= 4 is 11.8 Å². The minimum Gasteiger partial charge on any atom is -0.497 e. The third-order valence-electron chi connectivity index (χ3n) is 2.95. The summed E-state index contributed by atoms with van der Waals surface area (Å²) in [6.07, 6.45) is 0. The van der Waals surface area contributed by atoms with Crippen molar-refractivity contribution in [1.29, 1.82) is 0 Å². The molecule has 0 heterocycles. The van der Waals surface area contributed by atoms with E-state index in [1.54, 1.807) is 13.8 Å². The van der Waals surface area contributed by atoms with Crippen LogP contribution in [0.1, 0.15) is 24.2 Å². The lowest BCUT2D eigenvalue weighted by Crippen LogP contribution is -2.43. The molecule has 0 atom stereocenters. The van der Waals surface area contributed by atoms with E-state index < -0.39 is 17.1 Å². The van der Waals surface area contributed by atoms with Crippen molar-refractivity contribution in [2.45, 2.75) is 13.8 Å². The number of rotatable bonds is 5. The molecule has 0 aromatic heterocycles. The summed E-state index contributed by atoms with van der Waals surface area (Å²) in [5, 5.41) is 5.07. The Hall–Kier alpha value is -2.11. The van der Waals surface area contributed by atoms with Gasteiger partial charge in [0.25, 0.3) is 5.91 Å². The van der Waals surface area contributed by atoms with Crippen molar-refractivity contribution in [3.05, 3.63) is 29.6 Å². The minimum absolute atomic E-state index is 0.0847. The zero-order valence-electron chi connectivity index (χ0n) is 12.0. The summed E-state index contributed by atoms with van der Waals surface area (Å²) in [5.74, 6) is -1.10. The van der Waals surface area contributed by atoms with Gasteiger partial charge in [0, 0.05) is 19.7 Å². The lowest BCUT2D eigenvalue weighted by atomic mass is 9.92. The van der Waals surface area contributed by atoms with Gasteiger partial charge in [0.15, 0.2) is 0 Å². The second kappa shape index (κ2) is 6.36. The van der Waals surface area contributed by atoms with Crippen LogP contribution in [0.15, 0.2) is 18.2 Å². The van der Waals surface area contributed by atoms with Crippen molar-refractivity contribution in [3.63, 3.8) is 0 Å². The molecule has 20 heavy (non-hydrogen) atoms. The average Bonchev–Trinajstić information content (AvgIpc) is 2.43. The molecule has 0 bridgehead atoms. The van der Waals surface area contributed by atoms with Gasteiger partial charge in [0.2, 0.25) is 5.91 Å². The summed E-state index contributed by atoms with van der Waals surface area (Å²) in [6, 6.07) is 3.98. The monoisotopic (exact) mass is 282 g/mol. The second-order valence-corrected chi connectivity index (χ2v) is 4.99. The van der Waals surface area contributed by atoms with Crippen LogP contribution in [0.25, 0.3) is 0 Å². The molecule has 0 saturated carbocycles. The first-order valence-electron chi connectivity index (χ1n) is 6.15. The average molecular weight is 282 g/mol. The Morgan fingerprint density at radius 2 is 2.00 bits per heavy atom. The fraction of sp³-hybridized carbons (Fsp3) is 0.429. The first-order chi connectivity index (χ1) is 9.31. The van der Waals surface area contributed by atoms with Crippen LogP contribution < -0.4 is 15.4 Å². The second-order valence-electron chi connectivity index (χ2n) is 4.99. The van der Waals surface area contributed by atoms with Gasteiger partial charge in [-0.3, -0.25) is 9.59 Å². The van der Waals surface area contributed by atoms with Crippen LogP contribution >= 0.6 is 0 Å². The quantitative estimate of drug-likeness (QED) is 0.856. The van der Waals surface area contributed by atoms with E-state index in [9.17, 15) is 14.0 Å². The first kappa shape index (κ1) is 15.9. The molecule has 0 aliphatic rings. The van der Waals surface area contributed by atoms with Gasteiger partial charge in [0.1, 0.15) is 11.6 Å². The Kier molecular flexibility index (Phi) is 5.07.